The molecule has 0 radical (unpaired) electrons. The van der Waals surface area contributed by atoms with E-state index in [0.717, 1.165) is 0 Å². The van der Waals surface area contributed by atoms with Crippen molar-refractivity contribution in [2.75, 3.05) is 30.3 Å². The van der Waals surface area contributed by atoms with E-state index in [1.807, 2.05) is 19.9 Å². The first-order valence-electron chi connectivity index (χ1n) is 8.96. The molecule has 142 valence electrons. The molecule has 0 N–H and O–H groups in total. The molecule has 0 atom stereocenters. The second-order valence-corrected chi connectivity index (χ2v) is 9.29. The number of rotatable bonds is 5. The van der Waals surface area contributed by atoms with Crippen molar-refractivity contribution < 1.29 is 18.0 Å². The van der Waals surface area contributed by atoms with Crippen LogP contribution in [0.1, 0.15) is 26.7 Å². The fourth-order valence-corrected chi connectivity index (χ4v) is 5.42. The zero-order chi connectivity index (χ0) is 18.9. The van der Waals surface area contributed by atoms with Gasteiger partial charge < -0.3 is 4.90 Å². The predicted molar refractivity (Wildman–Crippen MR) is 99.2 cm³/mol. The fraction of sp³-hybridized carbons (Fsp3) is 0.556. The number of amides is 3. The third kappa shape index (κ3) is 3.76. The van der Waals surface area contributed by atoms with Gasteiger partial charge in [-0.2, -0.15) is 0 Å². The van der Waals surface area contributed by atoms with Crippen molar-refractivity contribution in [3.05, 3.63) is 30.3 Å². The molecule has 0 bridgehead atoms. The van der Waals surface area contributed by atoms with E-state index < -0.39 is 10.0 Å². The highest BCUT2D eigenvalue weighted by Crippen LogP contribution is 2.27. The molecule has 0 unspecified atom stereocenters. The summed E-state index contributed by atoms with van der Waals surface area (Å²) in [6.07, 6.45) is 1.11. The zero-order valence-electron chi connectivity index (χ0n) is 15.2. The summed E-state index contributed by atoms with van der Waals surface area (Å²) in [7, 11) is -3.26. The first kappa shape index (κ1) is 18.8. The number of carbonyl (C=O) groups excluding carboxylic acids is 2. The van der Waals surface area contributed by atoms with Crippen LogP contribution in [-0.4, -0.2) is 61.0 Å². The van der Waals surface area contributed by atoms with E-state index in [4.69, 9.17) is 0 Å². The second-order valence-electron chi connectivity index (χ2n) is 7.28. The number of urea groups is 1. The third-order valence-corrected chi connectivity index (χ3v) is 7.05. The van der Waals surface area contributed by atoms with E-state index >= 15 is 0 Å². The summed E-state index contributed by atoms with van der Waals surface area (Å²) >= 11 is 0. The Morgan fingerprint density at radius 1 is 1.08 bits per heavy atom. The maximum absolute atomic E-state index is 12.7. The van der Waals surface area contributed by atoms with Crippen molar-refractivity contribution in [2.45, 2.75) is 32.7 Å². The van der Waals surface area contributed by atoms with Crippen LogP contribution in [0.25, 0.3) is 0 Å². The van der Waals surface area contributed by atoms with Gasteiger partial charge in [0.25, 0.3) is 5.91 Å². The number of hydrogen-bond acceptors (Lipinski definition) is 4. The number of carbonyl (C=O) groups is 2. The zero-order valence-corrected chi connectivity index (χ0v) is 16.0. The minimum absolute atomic E-state index is 0.0527. The van der Waals surface area contributed by atoms with Gasteiger partial charge in [0.05, 0.1) is 11.4 Å². The van der Waals surface area contributed by atoms with Crippen LogP contribution in [0.4, 0.5) is 10.5 Å². The molecule has 8 heteroatoms. The monoisotopic (exact) mass is 379 g/mol. The minimum Gasteiger partial charge on any atom is -0.312 e. The lowest BCUT2D eigenvalue weighted by molar-refractivity contribution is -0.116. The Hall–Kier alpha value is -1.93. The maximum Gasteiger partial charge on any atom is 0.332 e. The predicted octanol–water partition coefficient (Wildman–Crippen LogP) is 1.91. The van der Waals surface area contributed by atoms with Crippen molar-refractivity contribution >= 4 is 27.6 Å². The molecule has 2 aliphatic heterocycles. The first-order chi connectivity index (χ1) is 12.3. The van der Waals surface area contributed by atoms with Gasteiger partial charge in [-0.3, -0.25) is 4.79 Å². The molecule has 0 saturated carbocycles. The average molecular weight is 379 g/mol. The Kier molecular flexibility index (Phi) is 5.34. The summed E-state index contributed by atoms with van der Waals surface area (Å²) in [5.74, 6) is -0.0216. The van der Waals surface area contributed by atoms with Crippen LogP contribution in [0.15, 0.2) is 30.3 Å². The maximum atomic E-state index is 12.7. The summed E-state index contributed by atoms with van der Waals surface area (Å²) in [5, 5.41) is 0. The summed E-state index contributed by atoms with van der Waals surface area (Å²) < 4.78 is 26.2. The Labute approximate surface area is 154 Å². The van der Waals surface area contributed by atoms with Crippen LogP contribution >= 0.6 is 0 Å². The van der Waals surface area contributed by atoms with E-state index in [9.17, 15) is 18.0 Å². The molecule has 1 aromatic rings. The molecule has 0 aliphatic carbocycles. The molecule has 1 aromatic carbocycles. The van der Waals surface area contributed by atoms with Gasteiger partial charge in [0.2, 0.25) is 10.0 Å². The van der Waals surface area contributed by atoms with Crippen molar-refractivity contribution in [1.29, 1.82) is 0 Å². The number of nitrogens with zero attached hydrogens (tertiary/aromatic N) is 3. The molecular weight excluding hydrogens is 354 g/mol. The highest BCUT2D eigenvalue weighted by molar-refractivity contribution is 7.89. The van der Waals surface area contributed by atoms with Gasteiger partial charge in [-0.05, 0) is 30.9 Å². The molecular formula is C18H25N3O4S. The van der Waals surface area contributed by atoms with Crippen molar-refractivity contribution in [3.63, 3.8) is 0 Å². The van der Waals surface area contributed by atoms with Gasteiger partial charge in [-0.15, -0.1) is 0 Å². The molecule has 2 saturated heterocycles. The Bertz CT molecular complexity index is 771. The van der Waals surface area contributed by atoms with Crippen LogP contribution in [-0.2, 0) is 14.8 Å². The number of sulfonamides is 1. The van der Waals surface area contributed by atoms with Crippen LogP contribution in [0.2, 0.25) is 0 Å². The summed E-state index contributed by atoms with van der Waals surface area (Å²) in [6.45, 7) is 4.61. The normalized spacial score (nSPS) is 20.4. The van der Waals surface area contributed by atoms with Gasteiger partial charge >= 0.3 is 6.03 Å². The Morgan fingerprint density at radius 3 is 2.27 bits per heavy atom. The van der Waals surface area contributed by atoms with Crippen molar-refractivity contribution in [3.8, 4) is 0 Å². The largest absolute Gasteiger partial charge is 0.332 e. The quantitative estimate of drug-likeness (QED) is 0.732. The van der Waals surface area contributed by atoms with E-state index in [-0.39, 0.29) is 36.2 Å². The molecule has 0 aromatic heterocycles. The lowest BCUT2D eigenvalue weighted by Gasteiger charge is -2.35. The average Bonchev–Trinajstić information content (AvgIpc) is 2.89. The van der Waals surface area contributed by atoms with Gasteiger partial charge in [0.1, 0.15) is 6.54 Å². The number of para-hydroxylation sites is 1. The van der Waals surface area contributed by atoms with Crippen LogP contribution in [0.3, 0.4) is 0 Å². The highest BCUT2D eigenvalue weighted by Gasteiger charge is 2.42. The molecule has 3 amide bonds. The van der Waals surface area contributed by atoms with Crippen molar-refractivity contribution in [1.82, 2.24) is 9.21 Å². The smallest absolute Gasteiger partial charge is 0.312 e. The van der Waals surface area contributed by atoms with E-state index in [2.05, 4.69) is 0 Å². The lowest BCUT2D eigenvalue weighted by atomic mass is 10.1. The molecule has 26 heavy (non-hydrogen) atoms. The van der Waals surface area contributed by atoms with Crippen molar-refractivity contribution in [2.24, 2.45) is 5.92 Å². The van der Waals surface area contributed by atoms with Crippen LogP contribution in [0, 0.1) is 5.92 Å². The van der Waals surface area contributed by atoms with Gasteiger partial charge in [-0.1, -0.05) is 32.0 Å². The number of piperidine rings is 1. The summed E-state index contributed by atoms with van der Waals surface area (Å²) in [6, 6.07) is 8.46. The molecule has 3 rings (SSSR count). The lowest BCUT2D eigenvalue weighted by Crippen LogP contribution is -2.48. The summed E-state index contributed by atoms with van der Waals surface area (Å²) in [5.41, 5.74) is 0.571. The molecule has 0 spiro atoms. The number of anilines is 1. The Balaban J connectivity index is 1.65. The van der Waals surface area contributed by atoms with E-state index in [1.54, 1.807) is 29.2 Å². The number of imide groups is 1. The highest BCUT2D eigenvalue weighted by atomic mass is 32.2. The fourth-order valence-electron chi connectivity index (χ4n) is 3.59. The van der Waals surface area contributed by atoms with Crippen LogP contribution in [0.5, 0.6) is 0 Å². The molecule has 2 heterocycles. The topological polar surface area (TPSA) is 78.0 Å². The second kappa shape index (κ2) is 7.36. The standard InChI is InChI=1S/C18H25N3O4S/c1-14(2)13-26(24,25)19-10-8-15(9-11-19)20-12-17(22)21(18(20)23)16-6-4-3-5-7-16/h3-7,14-15H,8-13H2,1-2H3. The van der Waals surface area contributed by atoms with Gasteiger partial charge in [-0.25, -0.2) is 22.4 Å². The summed E-state index contributed by atoms with van der Waals surface area (Å²) in [4.78, 5) is 27.9. The molecule has 2 fully saturated rings. The SMILES string of the molecule is CC(C)CS(=O)(=O)N1CCC(N2CC(=O)N(c3ccccc3)C2=O)CC1. The number of hydrogen-bond donors (Lipinski definition) is 0. The van der Waals surface area contributed by atoms with Gasteiger partial charge in [0, 0.05) is 19.1 Å². The van der Waals surface area contributed by atoms with Gasteiger partial charge in [0.15, 0.2) is 0 Å². The number of benzene rings is 1. The molecule has 7 nitrogen and oxygen atoms in total. The first-order valence-corrected chi connectivity index (χ1v) is 10.6. The third-order valence-electron chi connectivity index (χ3n) is 4.81. The van der Waals surface area contributed by atoms with Crippen LogP contribution < -0.4 is 4.90 Å². The minimum atomic E-state index is -3.26. The van der Waals surface area contributed by atoms with E-state index in [1.165, 1.54) is 9.21 Å². The Morgan fingerprint density at radius 2 is 1.69 bits per heavy atom. The van der Waals surface area contributed by atoms with E-state index in [0.29, 0.717) is 31.6 Å². The molecule has 2 aliphatic rings.